The van der Waals surface area contributed by atoms with Gasteiger partial charge in [-0.3, -0.25) is 4.90 Å². The molecule has 1 aromatic heterocycles. The lowest BCUT2D eigenvalue weighted by Gasteiger charge is -2.29. The largest absolute Gasteiger partial charge is 0.468 e. The Morgan fingerprint density at radius 2 is 1.89 bits per heavy atom. The third-order valence-corrected chi connectivity index (χ3v) is 3.08. The van der Waals surface area contributed by atoms with Gasteiger partial charge in [0, 0.05) is 12.6 Å². The molecule has 1 heterocycles. The van der Waals surface area contributed by atoms with Crippen molar-refractivity contribution in [2.24, 2.45) is 5.73 Å². The van der Waals surface area contributed by atoms with E-state index >= 15 is 0 Å². The Labute approximate surface area is 108 Å². The Morgan fingerprint density at radius 1 is 1.17 bits per heavy atom. The van der Waals surface area contributed by atoms with Gasteiger partial charge >= 0.3 is 0 Å². The zero-order chi connectivity index (χ0) is 13.0. The molecule has 2 N–H and O–H groups in total. The molecule has 3 nitrogen and oxygen atoms in total. The van der Waals surface area contributed by atoms with Crippen LogP contribution < -0.4 is 5.73 Å². The van der Waals surface area contributed by atoms with E-state index in [-0.39, 0.29) is 12.1 Å². The Bertz CT molecular complexity index is 451. The monoisotopic (exact) mass is 244 g/mol. The summed E-state index contributed by atoms with van der Waals surface area (Å²) in [6, 6.07) is 14.4. The summed E-state index contributed by atoms with van der Waals surface area (Å²) in [5.74, 6) is 0.920. The van der Waals surface area contributed by atoms with Gasteiger partial charge in [0.2, 0.25) is 0 Å². The van der Waals surface area contributed by atoms with Crippen molar-refractivity contribution in [1.82, 2.24) is 4.90 Å². The highest BCUT2D eigenvalue weighted by Crippen LogP contribution is 2.24. The lowest BCUT2D eigenvalue weighted by molar-refractivity contribution is 0.184. The highest BCUT2D eigenvalue weighted by molar-refractivity contribution is 5.15. The van der Waals surface area contributed by atoms with Crippen LogP contribution in [0.4, 0.5) is 0 Å². The topological polar surface area (TPSA) is 42.4 Å². The molecule has 0 saturated carbocycles. The van der Waals surface area contributed by atoms with Crippen molar-refractivity contribution in [3.8, 4) is 0 Å². The molecule has 0 aliphatic heterocycles. The number of benzene rings is 1. The maximum Gasteiger partial charge on any atom is 0.122 e. The lowest BCUT2D eigenvalue weighted by Crippen LogP contribution is -2.36. The van der Waals surface area contributed by atoms with E-state index in [1.807, 2.05) is 25.1 Å². The van der Waals surface area contributed by atoms with Crippen LogP contribution >= 0.6 is 0 Å². The molecule has 0 radical (unpaired) electrons. The Morgan fingerprint density at radius 3 is 2.44 bits per heavy atom. The van der Waals surface area contributed by atoms with Crippen LogP contribution in [-0.4, -0.2) is 18.0 Å². The molecule has 0 amide bonds. The first-order valence-corrected chi connectivity index (χ1v) is 6.21. The van der Waals surface area contributed by atoms with Crippen molar-refractivity contribution in [2.45, 2.75) is 25.6 Å². The van der Waals surface area contributed by atoms with Gasteiger partial charge in [-0.2, -0.15) is 0 Å². The number of nitrogens with two attached hydrogens (primary N) is 1. The quantitative estimate of drug-likeness (QED) is 0.879. The summed E-state index contributed by atoms with van der Waals surface area (Å²) in [5, 5.41) is 0. The first-order chi connectivity index (χ1) is 8.68. The van der Waals surface area contributed by atoms with E-state index in [1.54, 1.807) is 6.26 Å². The third-order valence-electron chi connectivity index (χ3n) is 3.08. The molecular weight excluding hydrogens is 224 g/mol. The van der Waals surface area contributed by atoms with Crippen molar-refractivity contribution >= 4 is 0 Å². The van der Waals surface area contributed by atoms with Crippen LogP contribution in [0, 0.1) is 0 Å². The average molecular weight is 244 g/mol. The summed E-state index contributed by atoms with van der Waals surface area (Å²) in [5.41, 5.74) is 7.36. The van der Waals surface area contributed by atoms with Crippen LogP contribution in [0.5, 0.6) is 0 Å². The smallest absolute Gasteiger partial charge is 0.122 e. The van der Waals surface area contributed by atoms with E-state index < -0.39 is 0 Å². The number of hydrogen-bond donors (Lipinski definition) is 1. The SMILES string of the molecule is CC(N)C(c1ccco1)N(C)Cc1ccccc1. The van der Waals surface area contributed by atoms with Crippen LogP contribution in [-0.2, 0) is 6.54 Å². The van der Waals surface area contributed by atoms with Crippen molar-refractivity contribution < 1.29 is 4.42 Å². The lowest BCUT2D eigenvalue weighted by atomic mass is 10.1. The van der Waals surface area contributed by atoms with E-state index in [0.717, 1.165) is 12.3 Å². The molecule has 2 unspecified atom stereocenters. The summed E-state index contributed by atoms with van der Waals surface area (Å²) in [6.07, 6.45) is 1.70. The predicted molar refractivity (Wildman–Crippen MR) is 73.0 cm³/mol. The van der Waals surface area contributed by atoms with Crippen LogP contribution in [0.25, 0.3) is 0 Å². The van der Waals surface area contributed by atoms with Gasteiger partial charge in [-0.05, 0) is 31.7 Å². The summed E-state index contributed by atoms with van der Waals surface area (Å²) in [4.78, 5) is 2.22. The molecule has 0 bridgehead atoms. The Kier molecular flexibility index (Phi) is 4.18. The second-order valence-corrected chi connectivity index (χ2v) is 4.72. The van der Waals surface area contributed by atoms with Gasteiger partial charge in [-0.25, -0.2) is 0 Å². The standard InChI is InChI=1S/C15H20N2O/c1-12(16)15(14-9-6-10-18-14)17(2)11-13-7-4-3-5-8-13/h3-10,12,15H,11,16H2,1-2H3. The number of furan rings is 1. The van der Waals surface area contributed by atoms with Crippen molar-refractivity contribution in [2.75, 3.05) is 7.05 Å². The molecule has 0 saturated heterocycles. The van der Waals surface area contributed by atoms with Gasteiger partial charge in [0.1, 0.15) is 5.76 Å². The van der Waals surface area contributed by atoms with E-state index in [2.05, 4.69) is 36.2 Å². The number of rotatable bonds is 5. The normalized spacial score (nSPS) is 14.7. The maximum absolute atomic E-state index is 6.08. The van der Waals surface area contributed by atoms with Crippen LogP contribution in [0.3, 0.4) is 0 Å². The predicted octanol–water partition coefficient (Wildman–Crippen LogP) is 2.80. The number of nitrogens with zero attached hydrogens (tertiary/aromatic N) is 1. The minimum atomic E-state index is 0.0184. The van der Waals surface area contributed by atoms with Crippen LogP contribution in [0.2, 0.25) is 0 Å². The highest BCUT2D eigenvalue weighted by atomic mass is 16.3. The first-order valence-electron chi connectivity index (χ1n) is 6.21. The molecule has 3 heteroatoms. The molecular formula is C15H20N2O. The average Bonchev–Trinajstić information content (AvgIpc) is 2.83. The molecule has 0 spiro atoms. The van der Waals surface area contributed by atoms with Gasteiger partial charge in [0.25, 0.3) is 0 Å². The highest BCUT2D eigenvalue weighted by Gasteiger charge is 2.23. The summed E-state index contributed by atoms with van der Waals surface area (Å²) in [7, 11) is 2.07. The fraction of sp³-hybridized carbons (Fsp3) is 0.333. The van der Waals surface area contributed by atoms with Gasteiger partial charge in [0.05, 0.1) is 12.3 Å². The van der Waals surface area contributed by atoms with Crippen molar-refractivity contribution in [1.29, 1.82) is 0 Å². The third kappa shape index (κ3) is 3.00. The second kappa shape index (κ2) is 5.85. The molecule has 0 aliphatic carbocycles. The molecule has 0 fully saturated rings. The zero-order valence-electron chi connectivity index (χ0n) is 10.9. The minimum Gasteiger partial charge on any atom is -0.468 e. The Hall–Kier alpha value is -1.58. The minimum absolute atomic E-state index is 0.0184. The fourth-order valence-electron chi connectivity index (χ4n) is 2.31. The molecule has 2 rings (SSSR count). The van der Waals surface area contributed by atoms with Gasteiger partial charge in [0.15, 0.2) is 0 Å². The van der Waals surface area contributed by atoms with Gasteiger partial charge in [-0.15, -0.1) is 0 Å². The number of likely N-dealkylation sites (N-methyl/N-ethyl adjacent to an activating group) is 1. The van der Waals surface area contributed by atoms with E-state index in [4.69, 9.17) is 10.2 Å². The summed E-state index contributed by atoms with van der Waals surface area (Å²) >= 11 is 0. The maximum atomic E-state index is 6.08. The number of hydrogen-bond acceptors (Lipinski definition) is 3. The van der Waals surface area contributed by atoms with E-state index in [9.17, 15) is 0 Å². The Balaban J connectivity index is 2.12. The van der Waals surface area contributed by atoms with E-state index in [0.29, 0.717) is 0 Å². The molecule has 2 aromatic rings. The molecule has 2 atom stereocenters. The summed E-state index contributed by atoms with van der Waals surface area (Å²) < 4.78 is 5.49. The molecule has 18 heavy (non-hydrogen) atoms. The van der Waals surface area contributed by atoms with Gasteiger partial charge in [-0.1, -0.05) is 30.3 Å². The fourth-order valence-corrected chi connectivity index (χ4v) is 2.31. The van der Waals surface area contributed by atoms with Crippen LogP contribution in [0.15, 0.2) is 53.1 Å². The van der Waals surface area contributed by atoms with Crippen molar-refractivity contribution in [3.63, 3.8) is 0 Å². The van der Waals surface area contributed by atoms with Crippen molar-refractivity contribution in [3.05, 3.63) is 60.1 Å². The van der Waals surface area contributed by atoms with Crippen LogP contribution in [0.1, 0.15) is 24.3 Å². The molecule has 0 aliphatic rings. The van der Waals surface area contributed by atoms with Gasteiger partial charge < -0.3 is 10.2 Å². The molecule has 96 valence electrons. The first kappa shape index (κ1) is 12.9. The zero-order valence-corrected chi connectivity index (χ0v) is 10.9. The second-order valence-electron chi connectivity index (χ2n) is 4.72. The van der Waals surface area contributed by atoms with E-state index in [1.165, 1.54) is 5.56 Å². The summed E-state index contributed by atoms with van der Waals surface area (Å²) in [6.45, 7) is 2.86. The molecule has 1 aromatic carbocycles.